The zero-order valence-electron chi connectivity index (χ0n) is 9.37. The van der Waals surface area contributed by atoms with Gasteiger partial charge in [0.1, 0.15) is 0 Å². The van der Waals surface area contributed by atoms with Gasteiger partial charge in [-0.3, -0.25) is 4.68 Å². The van der Waals surface area contributed by atoms with E-state index in [9.17, 15) is 0 Å². The van der Waals surface area contributed by atoms with Crippen LogP contribution in [0, 0.1) is 6.92 Å². The van der Waals surface area contributed by atoms with Crippen molar-refractivity contribution < 1.29 is 4.74 Å². The van der Waals surface area contributed by atoms with Crippen molar-refractivity contribution in [3.63, 3.8) is 0 Å². The first-order valence-electron chi connectivity index (χ1n) is 5.13. The van der Waals surface area contributed by atoms with E-state index >= 15 is 0 Å². The Morgan fingerprint density at radius 1 is 1.43 bits per heavy atom. The molecule has 1 aromatic rings. The van der Waals surface area contributed by atoms with Crippen molar-refractivity contribution in [3.05, 3.63) is 17.5 Å². The van der Waals surface area contributed by atoms with Gasteiger partial charge in [0.05, 0.1) is 24.9 Å². The van der Waals surface area contributed by atoms with E-state index in [1.54, 1.807) is 0 Å². The molecule has 1 aliphatic heterocycles. The summed E-state index contributed by atoms with van der Waals surface area (Å²) in [7, 11) is 0. The summed E-state index contributed by atoms with van der Waals surface area (Å²) in [5, 5.41) is 4.54. The number of hydrogen-bond acceptors (Lipinski definition) is 2. The highest BCUT2D eigenvalue weighted by molar-refractivity contribution is 5.18. The van der Waals surface area contributed by atoms with Gasteiger partial charge in [-0.1, -0.05) is 20.8 Å². The summed E-state index contributed by atoms with van der Waals surface area (Å²) in [6, 6.07) is 2.64. The zero-order chi connectivity index (χ0) is 10.3. The quantitative estimate of drug-likeness (QED) is 0.684. The number of hydrogen-bond donors (Lipinski definition) is 0. The molecule has 3 heteroatoms. The summed E-state index contributed by atoms with van der Waals surface area (Å²) in [5.41, 5.74) is 2.57. The maximum atomic E-state index is 5.21. The van der Waals surface area contributed by atoms with E-state index in [1.807, 2.05) is 6.92 Å². The van der Waals surface area contributed by atoms with Crippen LogP contribution < -0.4 is 0 Å². The monoisotopic (exact) mass is 194 g/mol. The number of rotatable bonds is 1. The molecular formula is C11H18N2O. The molecule has 2 heterocycles. The smallest absolute Gasteiger partial charge is 0.0988 e. The lowest BCUT2D eigenvalue weighted by Crippen LogP contribution is -2.34. The van der Waals surface area contributed by atoms with Crippen molar-refractivity contribution >= 4 is 0 Å². The number of aryl methyl sites for hydroxylation is 1. The molecule has 3 nitrogen and oxygen atoms in total. The third kappa shape index (κ3) is 1.57. The fraction of sp³-hybridized carbons (Fsp3) is 0.727. The highest BCUT2D eigenvalue weighted by atomic mass is 16.5. The lowest BCUT2D eigenvalue weighted by Gasteiger charge is -2.31. The minimum absolute atomic E-state index is 0.164. The molecule has 0 aliphatic carbocycles. The summed E-state index contributed by atoms with van der Waals surface area (Å²) in [4.78, 5) is 0. The van der Waals surface area contributed by atoms with Gasteiger partial charge < -0.3 is 4.74 Å². The van der Waals surface area contributed by atoms with Gasteiger partial charge in [0, 0.05) is 11.1 Å². The Morgan fingerprint density at radius 3 is 2.50 bits per heavy atom. The molecule has 1 aromatic heterocycles. The third-order valence-electron chi connectivity index (χ3n) is 2.59. The van der Waals surface area contributed by atoms with E-state index in [4.69, 9.17) is 4.74 Å². The Kier molecular flexibility index (Phi) is 2.14. The average Bonchev–Trinajstić information content (AvgIpc) is 2.26. The number of nitrogens with zero attached hydrogens (tertiary/aromatic N) is 2. The second-order valence-corrected chi connectivity index (χ2v) is 5.06. The minimum Gasteiger partial charge on any atom is -0.377 e. The maximum absolute atomic E-state index is 5.21. The van der Waals surface area contributed by atoms with E-state index in [1.165, 1.54) is 5.69 Å². The zero-order valence-corrected chi connectivity index (χ0v) is 9.37. The van der Waals surface area contributed by atoms with Crippen molar-refractivity contribution in [3.8, 4) is 0 Å². The molecule has 0 radical (unpaired) electrons. The molecule has 0 unspecified atom stereocenters. The van der Waals surface area contributed by atoms with E-state index < -0.39 is 0 Å². The van der Waals surface area contributed by atoms with Crippen LogP contribution in [0.1, 0.15) is 38.2 Å². The van der Waals surface area contributed by atoms with Crippen LogP contribution in [0.3, 0.4) is 0 Å². The largest absolute Gasteiger partial charge is 0.377 e. The van der Waals surface area contributed by atoms with Crippen LogP contribution in [-0.2, 0) is 10.2 Å². The van der Waals surface area contributed by atoms with E-state index in [0.29, 0.717) is 6.04 Å². The van der Waals surface area contributed by atoms with E-state index in [2.05, 4.69) is 36.6 Å². The highest BCUT2D eigenvalue weighted by Gasteiger charge is 2.28. The lowest BCUT2D eigenvalue weighted by molar-refractivity contribution is -0.0308. The first-order valence-corrected chi connectivity index (χ1v) is 5.13. The van der Waals surface area contributed by atoms with Gasteiger partial charge >= 0.3 is 0 Å². The molecule has 78 valence electrons. The fourth-order valence-corrected chi connectivity index (χ4v) is 1.72. The van der Waals surface area contributed by atoms with Crippen LogP contribution in [0.2, 0.25) is 0 Å². The Balaban J connectivity index is 2.37. The Bertz CT molecular complexity index is 332. The van der Waals surface area contributed by atoms with Gasteiger partial charge in [-0.05, 0) is 13.0 Å². The molecule has 0 spiro atoms. The van der Waals surface area contributed by atoms with Crippen molar-refractivity contribution in [2.45, 2.75) is 39.2 Å². The van der Waals surface area contributed by atoms with Gasteiger partial charge in [0.15, 0.2) is 0 Å². The topological polar surface area (TPSA) is 27.1 Å². The summed E-state index contributed by atoms with van der Waals surface area (Å²) < 4.78 is 7.34. The average molecular weight is 194 g/mol. The second kappa shape index (κ2) is 3.09. The van der Waals surface area contributed by atoms with Crippen LogP contribution >= 0.6 is 0 Å². The Hall–Kier alpha value is -0.830. The van der Waals surface area contributed by atoms with Gasteiger partial charge in [0.2, 0.25) is 0 Å². The molecule has 0 amide bonds. The summed E-state index contributed by atoms with van der Waals surface area (Å²) >= 11 is 0. The number of ether oxygens (including phenoxy) is 1. The molecule has 2 rings (SSSR count). The van der Waals surface area contributed by atoms with Crippen LogP contribution in [0.5, 0.6) is 0 Å². The first kappa shape index (κ1) is 9.71. The standard InChI is InChI=1S/C11H18N2O/c1-8-5-10(11(2,3)4)13(12-8)9-6-14-7-9/h5,9H,6-7H2,1-4H3. The first-order chi connectivity index (χ1) is 6.48. The predicted octanol–water partition coefficient (Wildman–Crippen LogP) is 2.06. The Morgan fingerprint density at radius 2 is 2.07 bits per heavy atom. The van der Waals surface area contributed by atoms with Crippen LogP contribution in [0.4, 0.5) is 0 Å². The normalized spacial score (nSPS) is 18.3. The van der Waals surface area contributed by atoms with Crippen LogP contribution in [0.15, 0.2) is 6.07 Å². The van der Waals surface area contributed by atoms with E-state index in [0.717, 1.165) is 18.9 Å². The minimum atomic E-state index is 0.164. The van der Waals surface area contributed by atoms with E-state index in [-0.39, 0.29) is 5.41 Å². The molecule has 0 N–H and O–H groups in total. The fourth-order valence-electron chi connectivity index (χ4n) is 1.72. The highest BCUT2D eigenvalue weighted by Crippen LogP contribution is 2.28. The van der Waals surface area contributed by atoms with Gasteiger partial charge in [-0.25, -0.2) is 0 Å². The SMILES string of the molecule is Cc1cc(C(C)(C)C)n(C2COC2)n1. The third-order valence-corrected chi connectivity index (χ3v) is 2.59. The molecule has 0 atom stereocenters. The molecular weight excluding hydrogens is 176 g/mol. The molecule has 1 saturated heterocycles. The predicted molar refractivity (Wildman–Crippen MR) is 55.5 cm³/mol. The maximum Gasteiger partial charge on any atom is 0.0988 e. The summed E-state index contributed by atoms with van der Waals surface area (Å²) in [5.74, 6) is 0. The van der Waals surface area contributed by atoms with Crippen LogP contribution in [0.25, 0.3) is 0 Å². The van der Waals surface area contributed by atoms with Crippen LogP contribution in [-0.4, -0.2) is 23.0 Å². The van der Waals surface area contributed by atoms with Crippen molar-refractivity contribution in [1.82, 2.24) is 9.78 Å². The van der Waals surface area contributed by atoms with Gasteiger partial charge in [0.25, 0.3) is 0 Å². The molecule has 0 bridgehead atoms. The van der Waals surface area contributed by atoms with Gasteiger partial charge in [-0.2, -0.15) is 5.10 Å². The number of aromatic nitrogens is 2. The van der Waals surface area contributed by atoms with Gasteiger partial charge in [-0.15, -0.1) is 0 Å². The lowest BCUT2D eigenvalue weighted by atomic mass is 9.91. The summed E-state index contributed by atoms with van der Waals surface area (Å²) in [6.07, 6.45) is 0. The molecule has 14 heavy (non-hydrogen) atoms. The molecule has 1 fully saturated rings. The second-order valence-electron chi connectivity index (χ2n) is 5.06. The molecule has 1 aliphatic rings. The molecule has 0 aromatic carbocycles. The summed E-state index contributed by atoms with van der Waals surface area (Å²) in [6.45, 7) is 10.3. The molecule has 0 saturated carbocycles. The van der Waals surface area contributed by atoms with Crippen molar-refractivity contribution in [1.29, 1.82) is 0 Å². The van der Waals surface area contributed by atoms with Crippen molar-refractivity contribution in [2.75, 3.05) is 13.2 Å². The Labute approximate surface area is 85.1 Å². The van der Waals surface area contributed by atoms with Crippen molar-refractivity contribution in [2.24, 2.45) is 0 Å².